The van der Waals surface area contributed by atoms with Crippen molar-refractivity contribution in [3.05, 3.63) is 23.4 Å². The summed E-state index contributed by atoms with van der Waals surface area (Å²) in [6, 6.07) is 4.20. The highest BCUT2D eigenvalue weighted by Gasteiger charge is 2.08. The zero-order valence-electron chi connectivity index (χ0n) is 10.1. The van der Waals surface area contributed by atoms with E-state index in [1.807, 2.05) is 13.8 Å². The van der Waals surface area contributed by atoms with E-state index in [1.54, 1.807) is 0 Å². The van der Waals surface area contributed by atoms with Crippen LogP contribution in [-0.2, 0) is 0 Å². The lowest BCUT2D eigenvalue weighted by Crippen LogP contribution is -2.23. The van der Waals surface area contributed by atoms with E-state index < -0.39 is 0 Å². The Morgan fingerprint density at radius 1 is 1.33 bits per heavy atom. The van der Waals surface area contributed by atoms with Crippen molar-refractivity contribution in [2.24, 2.45) is 5.73 Å². The highest BCUT2D eigenvalue weighted by Crippen LogP contribution is 2.18. The van der Waals surface area contributed by atoms with Gasteiger partial charge in [0.2, 0.25) is 0 Å². The summed E-state index contributed by atoms with van der Waals surface area (Å²) in [6.45, 7) is 10.3. The molecule has 0 aromatic carbocycles. The third-order valence-corrected chi connectivity index (χ3v) is 2.69. The van der Waals surface area contributed by atoms with Crippen molar-refractivity contribution >= 4 is 5.82 Å². The summed E-state index contributed by atoms with van der Waals surface area (Å²) in [5.74, 6) is 1.04. The first-order chi connectivity index (χ1) is 7.10. The first-order valence-electron chi connectivity index (χ1n) is 5.58. The van der Waals surface area contributed by atoms with Gasteiger partial charge in [0, 0.05) is 24.8 Å². The van der Waals surface area contributed by atoms with Crippen LogP contribution in [0.4, 0.5) is 5.82 Å². The van der Waals surface area contributed by atoms with Crippen LogP contribution >= 0.6 is 0 Å². The highest BCUT2D eigenvalue weighted by atomic mass is 15.2. The van der Waals surface area contributed by atoms with E-state index in [0.717, 1.165) is 30.2 Å². The highest BCUT2D eigenvalue weighted by molar-refractivity contribution is 5.42. The van der Waals surface area contributed by atoms with Crippen LogP contribution in [0.2, 0.25) is 0 Å². The zero-order valence-corrected chi connectivity index (χ0v) is 10.1. The Morgan fingerprint density at radius 3 is 2.33 bits per heavy atom. The molecular formula is C12H21N3. The van der Waals surface area contributed by atoms with Gasteiger partial charge in [-0.05, 0) is 39.3 Å². The fraction of sp³-hybridized carbons (Fsp3) is 0.583. The van der Waals surface area contributed by atoms with E-state index in [0.29, 0.717) is 0 Å². The lowest BCUT2D eigenvalue weighted by molar-refractivity contribution is 0.788. The minimum absolute atomic E-state index is 0.0586. The normalized spacial score (nSPS) is 12.6. The maximum atomic E-state index is 5.85. The Balaban J connectivity index is 3.00. The van der Waals surface area contributed by atoms with Gasteiger partial charge >= 0.3 is 0 Å². The van der Waals surface area contributed by atoms with Crippen molar-refractivity contribution in [1.29, 1.82) is 0 Å². The summed E-state index contributed by atoms with van der Waals surface area (Å²) in [5, 5.41) is 0. The van der Waals surface area contributed by atoms with Crippen molar-refractivity contribution in [1.82, 2.24) is 4.98 Å². The molecule has 0 bridgehead atoms. The summed E-state index contributed by atoms with van der Waals surface area (Å²) in [6.07, 6.45) is 0. The Labute approximate surface area is 92.3 Å². The van der Waals surface area contributed by atoms with Crippen LogP contribution in [-0.4, -0.2) is 18.1 Å². The summed E-state index contributed by atoms with van der Waals surface area (Å²) in [5.41, 5.74) is 8.02. The Bertz CT molecular complexity index is 317. The standard InChI is InChI=1S/C12H21N3/c1-5-15(6-2)12-8-7-11(9(3)13)10(4)14-12/h7-9H,5-6,13H2,1-4H3/t9-/m1/s1. The molecule has 0 aliphatic rings. The van der Waals surface area contributed by atoms with Crippen molar-refractivity contribution in [2.45, 2.75) is 33.7 Å². The topological polar surface area (TPSA) is 42.1 Å². The van der Waals surface area contributed by atoms with Crippen LogP contribution in [0.15, 0.2) is 12.1 Å². The molecule has 1 heterocycles. The molecule has 0 aliphatic carbocycles. The third-order valence-electron chi connectivity index (χ3n) is 2.69. The molecule has 1 aromatic heterocycles. The van der Waals surface area contributed by atoms with E-state index in [1.165, 1.54) is 0 Å². The van der Waals surface area contributed by atoms with E-state index in [4.69, 9.17) is 5.73 Å². The SMILES string of the molecule is CCN(CC)c1ccc([C@@H](C)N)c(C)n1. The van der Waals surface area contributed by atoms with Gasteiger partial charge in [-0.15, -0.1) is 0 Å². The van der Waals surface area contributed by atoms with E-state index in [2.05, 4.69) is 35.9 Å². The molecule has 0 radical (unpaired) electrons. The van der Waals surface area contributed by atoms with Crippen LogP contribution < -0.4 is 10.6 Å². The maximum Gasteiger partial charge on any atom is 0.128 e. The van der Waals surface area contributed by atoms with Crippen LogP contribution in [0.25, 0.3) is 0 Å². The zero-order chi connectivity index (χ0) is 11.4. The second-order valence-corrected chi connectivity index (χ2v) is 3.81. The first kappa shape index (κ1) is 12.0. The van der Waals surface area contributed by atoms with Gasteiger partial charge in [-0.2, -0.15) is 0 Å². The number of nitrogens with two attached hydrogens (primary N) is 1. The molecule has 0 spiro atoms. The number of anilines is 1. The largest absolute Gasteiger partial charge is 0.357 e. The number of hydrogen-bond acceptors (Lipinski definition) is 3. The molecule has 1 rings (SSSR count). The molecule has 2 N–H and O–H groups in total. The molecule has 0 saturated heterocycles. The summed E-state index contributed by atoms with van der Waals surface area (Å²) in [7, 11) is 0. The fourth-order valence-electron chi connectivity index (χ4n) is 1.76. The maximum absolute atomic E-state index is 5.85. The lowest BCUT2D eigenvalue weighted by Gasteiger charge is -2.21. The van der Waals surface area contributed by atoms with Crippen molar-refractivity contribution in [2.75, 3.05) is 18.0 Å². The molecule has 0 fully saturated rings. The monoisotopic (exact) mass is 207 g/mol. The third kappa shape index (κ3) is 2.69. The number of rotatable bonds is 4. The number of aryl methyl sites for hydroxylation is 1. The molecule has 0 unspecified atom stereocenters. The Kier molecular flexibility index (Phi) is 4.09. The second kappa shape index (κ2) is 5.12. The van der Waals surface area contributed by atoms with Crippen LogP contribution in [0.3, 0.4) is 0 Å². The number of nitrogens with zero attached hydrogens (tertiary/aromatic N) is 2. The van der Waals surface area contributed by atoms with Crippen LogP contribution in [0, 0.1) is 6.92 Å². The van der Waals surface area contributed by atoms with Crippen molar-refractivity contribution in [3.8, 4) is 0 Å². The Morgan fingerprint density at radius 2 is 1.93 bits per heavy atom. The minimum atomic E-state index is 0.0586. The first-order valence-corrected chi connectivity index (χ1v) is 5.58. The summed E-state index contributed by atoms with van der Waals surface area (Å²) < 4.78 is 0. The van der Waals surface area contributed by atoms with Crippen molar-refractivity contribution < 1.29 is 0 Å². The smallest absolute Gasteiger partial charge is 0.128 e. The molecule has 3 heteroatoms. The quantitative estimate of drug-likeness (QED) is 0.823. The van der Waals surface area contributed by atoms with Gasteiger partial charge in [0.15, 0.2) is 0 Å². The van der Waals surface area contributed by atoms with E-state index in [-0.39, 0.29) is 6.04 Å². The molecule has 3 nitrogen and oxygen atoms in total. The van der Waals surface area contributed by atoms with Crippen molar-refractivity contribution in [3.63, 3.8) is 0 Å². The predicted molar refractivity (Wildman–Crippen MR) is 65.1 cm³/mol. The van der Waals surface area contributed by atoms with Crippen LogP contribution in [0.5, 0.6) is 0 Å². The molecule has 0 aliphatic heterocycles. The summed E-state index contributed by atoms with van der Waals surface area (Å²) in [4.78, 5) is 6.82. The van der Waals surface area contributed by atoms with Gasteiger partial charge in [-0.3, -0.25) is 0 Å². The minimum Gasteiger partial charge on any atom is -0.357 e. The van der Waals surface area contributed by atoms with Gasteiger partial charge < -0.3 is 10.6 Å². The molecular weight excluding hydrogens is 186 g/mol. The van der Waals surface area contributed by atoms with Crippen LogP contribution in [0.1, 0.15) is 38.1 Å². The van der Waals surface area contributed by atoms with E-state index >= 15 is 0 Å². The lowest BCUT2D eigenvalue weighted by atomic mass is 10.1. The van der Waals surface area contributed by atoms with Gasteiger partial charge in [0.25, 0.3) is 0 Å². The second-order valence-electron chi connectivity index (χ2n) is 3.81. The molecule has 15 heavy (non-hydrogen) atoms. The molecule has 84 valence electrons. The summed E-state index contributed by atoms with van der Waals surface area (Å²) >= 11 is 0. The molecule has 0 saturated carbocycles. The average molecular weight is 207 g/mol. The average Bonchev–Trinajstić information content (AvgIpc) is 2.19. The molecule has 0 amide bonds. The number of pyridine rings is 1. The Hall–Kier alpha value is -1.09. The van der Waals surface area contributed by atoms with Gasteiger partial charge in [0.1, 0.15) is 5.82 Å². The van der Waals surface area contributed by atoms with Gasteiger partial charge in [-0.1, -0.05) is 6.07 Å². The number of hydrogen-bond donors (Lipinski definition) is 1. The van der Waals surface area contributed by atoms with Gasteiger partial charge in [0.05, 0.1) is 0 Å². The number of aromatic nitrogens is 1. The fourth-order valence-corrected chi connectivity index (χ4v) is 1.76. The molecule has 1 atom stereocenters. The molecule has 1 aromatic rings. The van der Waals surface area contributed by atoms with Gasteiger partial charge in [-0.25, -0.2) is 4.98 Å². The van der Waals surface area contributed by atoms with E-state index in [9.17, 15) is 0 Å². The predicted octanol–water partition coefficient (Wildman–Crippen LogP) is 2.26.